The summed E-state index contributed by atoms with van der Waals surface area (Å²) in [4.78, 5) is 26.1. The fraction of sp³-hybridized carbons (Fsp3) is 0.353. The van der Waals surface area contributed by atoms with Gasteiger partial charge < -0.3 is 24.2 Å². The summed E-state index contributed by atoms with van der Waals surface area (Å²) in [5, 5.41) is 6.53. The molecule has 8 nitrogen and oxygen atoms in total. The highest BCUT2D eigenvalue weighted by molar-refractivity contribution is 5.98. The lowest BCUT2D eigenvalue weighted by Gasteiger charge is -2.37. The van der Waals surface area contributed by atoms with Crippen LogP contribution < -0.4 is 14.8 Å². The highest BCUT2D eigenvalue weighted by Crippen LogP contribution is 2.30. The van der Waals surface area contributed by atoms with Crippen LogP contribution in [0.15, 0.2) is 28.8 Å². The third kappa shape index (κ3) is 3.42. The number of aromatic nitrogens is 1. The van der Waals surface area contributed by atoms with Gasteiger partial charge in [-0.15, -0.1) is 0 Å². The molecule has 0 saturated carbocycles. The van der Waals surface area contributed by atoms with Crippen molar-refractivity contribution in [3.8, 4) is 11.5 Å². The fourth-order valence-corrected chi connectivity index (χ4v) is 2.58. The Bertz CT molecular complexity index is 795. The molecule has 0 aliphatic carbocycles. The number of aryl methyl sites for hydroxylation is 1. The van der Waals surface area contributed by atoms with Crippen molar-refractivity contribution >= 4 is 17.5 Å². The minimum Gasteiger partial charge on any atom is -0.497 e. The molecule has 0 bridgehead atoms. The number of carbonyl (C=O) groups is 2. The van der Waals surface area contributed by atoms with Gasteiger partial charge in [-0.3, -0.25) is 9.59 Å². The van der Waals surface area contributed by atoms with Gasteiger partial charge in [-0.2, -0.15) is 0 Å². The van der Waals surface area contributed by atoms with Crippen LogP contribution in [0, 0.1) is 12.8 Å². The molecule has 1 fully saturated rings. The molecule has 1 aromatic heterocycles. The van der Waals surface area contributed by atoms with Crippen LogP contribution in [-0.4, -0.2) is 49.2 Å². The second kappa shape index (κ2) is 6.84. The zero-order valence-corrected chi connectivity index (χ0v) is 14.2. The number of benzene rings is 1. The summed E-state index contributed by atoms with van der Waals surface area (Å²) < 4.78 is 15.3. The summed E-state index contributed by atoms with van der Waals surface area (Å²) in [6.45, 7) is 2.41. The number of methoxy groups -OCH3 is 2. The van der Waals surface area contributed by atoms with Crippen LogP contribution in [0.25, 0.3) is 0 Å². The summed E-state index contributed by atoms with van der Waals surface area (Å²) in [5.74, 6) is 1.05. The van der Waals surface area contributed by atoms with E-state index in [0.29, 0.717) is 36.0 Å². The molecule has 1 saturated heterocycles. The van der Waals surface area contributed by atoms with Crippen LogP contribution in [0.1, 0.15) is 16.2 Å². The Kier molecular flexibility index (Phi) is 4.60. The van der Waals surface area contributed by atoms with E-state index in [1.54, 1.807) is 43.2 Å². The first-order chi connectivity index (χ1) is 12.0. The van der Waals surface area contributed by atoms with E-state index < -0.39 is 0 Å². The van der Waals surface area contributed by atoms with E-state index in [1.165, 1.54) is 7.11 Å². The van der Waals surface area contributed by atoms with E-state index in [0.717, 1.165) is 0 Å². The van der Waals surface area contributed by atoms with E-state index in [9.17, 15) is 9.59 Å². The quantitative estimate of drug-likeness (QED) is 0.887. The Labute approximate surface area is 144 Å². The molecule has 1 aromatic carbocycles. The van der Waals surface area contributed by atoms with Crippen molar-refractivity contribution in [2.45, 2.75) is 6.92 Å². The molecule has 1 N–H and O–H groups in total. The predicted molar refractivity (Wildman–Crippen MR) is 88.8 cm³/mol. The van der Waals surface area contributed by atoms with E-state index in [-0.39, 0.29) is 23.4 Å². The van der Waals surface area contributed by atoms with Crippen LogP contribution in [0.4, 0.5) is 5.69 Å². The molecule has 25 heavy (non-hydrogen) atoms. The molecular weight excluding hydrogens is 326 g/mol. The van der Waals surface area contributed by atoms with E-state index >= 15 is 0 Å². The average molecular weight is 345 g/mol. The lowest BCUT2D eigenvalue weighted by molar-refractivity contribution is -0.123. The Morgan fingerprint density at radius 1 is 1.24 bits per heavy atom. The molecule has 8 heteroatoms. The molecule has 132 valence electrons. The van der Waals surface area contributed by atoms with Gasteiger partial charge in [0.2, 0.25) is 5.91 Å². The second-order valence-corrected chi connectivity index (χ2v) is 5.79. The highest BCUT2D eigenvalue weighted by Gasteiger charge is 2.37. The number of carbonyl (C=O) groups excluding carboxylic acids is 2. The number of ether oxygens (including phenoxy) is 2. The topological polar surface area (TPSA) is 93.9 Å². The van der Waals surface area contributed by atoms with Crippen LogP contribution in [0.5, 0.6) is 11.5 Å². The summed E-state index contributed by atoms with van der Waals surface area (Å²) >= 11 is 0. The fourth-order valence-electron chi connectivity index (χ4n) is 2.58. The summed E-state index contributed by atoms with van der Waals surface area (Å²) in [6, 6.07) is 6.73. The lowest BCUT2D eigenvalue weighted by Crippen LogP contribution is -2.54. The maximum Gasteiger partial charge on any atom is 0.276 e. The molecule has 3 rings (SSSR count). The van der Waals surface area contributed by atoms with Crippen molar-refractivity contribution in [3.05, 3.63) is 35.7 Å². The third-order valence-electron chi connectivity index (χ3n) is 4.05. The molecule has 0 unspecified atom stereocenters. The van der Waals surface area contributed by atoms with E-state index in [1.807, 2.05) is 0 Å². The maximum absolute atomic E-state index is 12.4. The standard InChI is InChI=1S/C17H19N3O5/c1-10-6-14(19-25-10)17(22)20-8-11(9-20)16(21)18-13-5-4-12(23-2)7-15(13)24-3/h4-7,11H,8-9H2,1-3H3,(H,18,21). The Morgan fingerprint density at radius 3 is 2.60 bits per heavy atom. The first-order valence-corrected chi connectivity index (χ1v) is 7.77. The maximum atomic E-state index is 12.4. The number of hydrogen-bond acceptors (Lipinski definition) is 6. The van der Waals surface area contributed by atoms with Crippen LogP contribution in [-0.2, 0) is 4.79 Å². The van der Waals surface area contributed by atoms with Crippen LogP contribution in [0.3, 0.4) is 0 Å². The van der Waals surface area contributed by atoms with Gasteiger partial charge in [0.05, 0.1) is 25.8 Å². The number of anilines is 1. The van der Waals surface area contributed by atoms with Gasteiger partial charge in [-0.1, -0.05) is 5.16 Å². The summed E-state index contributed by atoms with van der Waals surface area (Å²) in [6.07, 6.45) is 0. The van der Waals surface area contributed by atoms with Gasteiger partial charge in [0.15, 0.2) is 5.69 Å². The number of nitrogens with zero attached hydrogens (tertiary/aromatic N) is 2. The van der Waals surface area contributed by atoms with Crippen LogP contribution in [0.2, 0.25) is 0 Å². The number of likely N-dealkylation sites (tertiary alicyclic amines) is 1. The second-order valence-electron chi connectivity index (χ2n) is 5.79. The average Bonchev–Trinajstić information content (AvgIpc) is 3.00. The molecule has 0 spiro atoms. The van der Waals surface area contributed by atoms with Crippen molar-refractivity contribution in [2.75, 3.05) is 32.6 Å². The SMILES string of the molecule is COc1ccc(NC(=O)C2CN(C(=O)c3cc(C)on3)C2)c(OC)c1. The molecular formula is C17H19N3O5. The van der Waals surface area contributed by atoms with Crippen molar-refractivity contribution < 1.29 is 23.6 Å². The van der Waals surface area contributed by atoms with Gasteiger partial charge >= 0.3 is 0 Å². The molecule has 0 atom stereocenters. The zero-order valence-electron chi connectivity index (χ0n) is 14.2. The minimum atomic E-state index is -0.274. The molecule has 2 aromatic rings. The molecule has 1 aliphatic heterocycles. The predicted octanol–water partition coefficient (Wildman–Crippen LogP) is 1.71. The summed E-state index contributed by atoms with van der Waals surface area (Å²) in [7, 11) is 3.08. The molecule has 2 heterocycles. The number of hydrogen-bond donors (Lipinski definition) is 1. The first kappa shape index (κ1) is 16.8. The first-order valence-electron chi connectivity index (χ1n) is 7.77. The lowest BCUT2D eigenvalue weighted by atomic mass is 9.98. The smallest absolute Gasteiger partial charge is 0.276 e. The van der Waals surface area contributed by atoms with Crippen molar-refractivity contribution in [2.24, 2.45) is 5.92 Å². The van der Waals surface area contributed by atoms with Gasteiger partial charge in [0, 0.05) is 25.2 Å². The Balaban J connectivity index is 1.58. The van der Waals surface area contributed by atoms with Crippen LogP contribution >= 0.6 is 0 Å². The molecule has 2 amide bonds. The monoisotopic (exact) mass is 345 g/mol. The normalized spacial score (nSPS) is 14.0. The third-order valence-corrected chi connectivity index (χ3v) is 4.05. The number of nitrogens with one attached hydrogen (secondary N) is 1. The molecule has 1 aliphatic rings. The van der Waals surface area contributed by atoms with Gasteiger partial charge in [-0.05, 0) is 19.1 Å². The summed E-state index contributed by atoms with van der Waals surface area (Å²) in [5.41, 5.74) is 0.818. The Hall–Kier alpha value is -3.03. The highest BCUT2D eigenvalue weighted by atomic mass is 16.5. The largest absolute Gasteiger partial charge is 0.497 e. The Morgan fingerprint density at radius 2 is 2.00 bits per heavy atom. The zero-order chi connectivity index (χ0) is 18.0. The number of amides is 2. The van der Waals surface area contributed by atoms with Crippen molar-refractivity contribution in [3.63, 3.8) is 0 Å². The van der Waals surface area contributed by atoms with Gasteiger partial charge in [0.25, 0.3) is 5.91 Å². The molecule has 0 radical (unpaired) electrons. The number of rotatable bonds is 5. The van der Waals surface area contributed by atoms with Gasteiger partial charge in [-0.25, -0.2) is 0 Å². The van der Waals surface area contributed by atoms with E-state index in [2.05, 4.69) is 10.5 Å². The van der Waals surface area contributed by atoms with Gasteiger partial charge in [0.1, 0.15) is 17.3 Å². The van der Waals surface area contributed by atoms with E-state index in [4.69, 9.17) is 14.0 Å². The van der Waals surface area contributed by atoms with Crippen molar-refractivity contribution in [1.82, 2.24) is 10.1 Å². The minimum absolute atomic E-state index is 0.163. The van der Waals surface area contributed by atoms with Crippen molar-refractivity contribution in [1.29, 1.82) is 0 Å².